The van der Waals surface area contributed by atoms with Gasteiger partial charge < -0.3 is 4.90 Å². The molecular formula is C20H17Cl2F2N3O2S2. The summed E-state index contributed by atoms with van der Waals surface area (Å²) < 4.78 is 53.8. The summed E-state index contributed by atoms with van der Waals surface area (Å²) in [6.45, 7) is 1.19. The number of nitrogens with zero attached hydrogens (tertiary/aromatic N) is 3. The lowest BCUT2D eigenvalue weighted by molar-refractivity contribution is 0.382. The third-order valence-corrected chi connectivity index (χ3v) is 8.19. The van der Waals surface area contributed by atoms with Gasteiger partial charge in [-0.2, -0.15) is 4.31 Å². The van der Waals surface area contributed by atoms with Crippen LogP contribution in [0.5, 0.6) is 0 Å². The second-order valence-corrected chi connectivity index (χ2v) is 10.7. The number of thiazole rings is 1. The molecular weight excluding hydrogens is 487 g/mol. The van der Waals surface area contributed by atoms with Gasteiger partial charge in [0.05, 0.1) is 5.69 Å². The first-order valence-corrected chi connectivity index (χ1v) is 12.4. The maximum atomic E-state index is 14.0. The van der Waals surface area contributed by atoms with Crippen LogP contribution >= 0.6 is 34.5 Å². The highest BCUT2D eigenvalue weighted by Crippen LogP contribution is 2.27. The van der Waals surface area contributed by atoms with Gasteiger partial charge in [0.15, 0.2) is 5.13 Å². The molecule has 0 radical (unpaired) electrons. The molecule has 1 fully saturated rings. The molecule has 1 saturated heterocycles. The van der Waals surface area contributed by atoms with Crippen LogP contribution in [0.25, 0.3) is 0 Å². The summed E-state index contributed by atoms with van der Waals surface area (Å²) in [7, 11) is -4.04. The molecule has 0 unspecified atom stereocenters. The average Bonchev–Trinajstić information content (AvgIpc) is 3.15. The standard InChI is InChI=1S/C20H17Cl2F2N3O2S2/c21-14-7-13(8-15(22)10-14)9-17-12-30-20(25-17)26-3-5-27(6-4-26)31(28,29)19-2-1-16(23)11-18(19)24/h1-2,7-8,10-12H,3-6,9H2. The Labute approximate surface area is 192 Å². The topological polar surface area (TPSA) is 53.5 Å². The van der Waals surface area contributed by atoms with Gasteiger partial charge in [0.1, 0.15) is 16.5 Å². The molecule has 2 heterocycles. The molecule has 164 valence electrons. The molecule has 0 amide bonds. The van der Waals surface area contributed by atoms with E-state index in [1.165, 1.54) is 15.6 Å². The van der Waals surface area contributed by atoms with Crippen molar-refractivity contribution in [2.75, 3.05) is 31.1 Å². The van der Waals surface area contributed by atoms with Crippen LogP contribution in [-0.4, -0.2) is 43.9 Å². The van der Waals surface area contributed by atoms with Crippen LogP contribution in [0.4, 0.5) is 13.9 Å². The lowest BCUT2D eigenvalue weighted by atomic mass is 10.1. The van der Waals surface area contributed by atoms with Crippen LogP contribution in [0.15, 0.2) is 46.7 Å². The molecule has 31 heavy (non-hydrogen) atoms. The Hall–Kier alpha value is -1.78. The van der Waals surface area contributed by atoms with Crippen LogP contribution < -0.4 is 4.90 Å². The Morgan fingerprint density at radius 3 is 2.32 bits per heavy atom. The minimum Gasteiger partial charge on any atom is -0.345 e. The molecule has 0 N–H and O–H groups in total. The molecule has 0 bridgehead atoms. The Kier molecular flexibility index (Phi) is 6.50. The number of sulfonamides is 1. The van der Waals surface area contributed by atoms with E-state index in [1.54, 1.807) is 6.07 Å². The van der Waals surface area contributed by atoms with Crippen molar-refractivity contribution in [2.45, 2.75) is 11.3 Å². The number of halogens is 4. The van der Waals surface area contributed by atoms with Crippen molar-refractivity contribution >= 4 is 49.7 Å². The van der Waals surface area contributed by atoms with Crippen molar-refractivity contribution in [1.29, 1.82) is 0 Å². The predicted molar refractivity (Wildman–Crippen MR) is 119 cm³/mol. The molecule has 11 heteroatoms. The number of rotatable bonds is 5. The molecule has 2 aromatic carbocycles. The minimum absolute atomic E-state index is 0.179. The maximum Gasteiger partial charge on any atom is 0.246 e. The van der Waals surface area contributed by atoms with Gasteiger partial charge in [-0.25, -0.2) is 22.2 Å². The SMILES string of the molecule is O=S(=O)(c1ccc(F)cc1F)N1CCN(c2nc(Cc3cc(Cl)cc(Cl)c3)cs2)CC1. The van der Waals surface area contributed by atoms with Gasteiger partial charge in [0.2, 0.25) is 10.0 Å². The average molecular weight is 504 g/mol. The fraction of sp³-hybridized carbons (Fsp3) is 0.250. The van der Waals surface area contributed by atoms with Gasteiger partial charge in [-0.1, -0.05) is 23.2 Å². The zero-order valence-electron chi connectivity index (χ0n) is 16.1. The second kappa shape index (κ2) is 8.99. The van der Waals surface area contributed by atoms with Gasteiger partial charge in [0.25, 0.3) is 0 Å². The molecule has 0 spiro atoms. The van der Waals surface area contributed by atoms with E-state index in [1.807, 2.05) is 22.4 Å². The largest absolute Gasteiger partial charge is 0.345 e. The summed E-state index contributed by atoms with van der Waals surface area (Å²) in [5.74, 6) is -1.91. The summed E-state index contributed by atoms with van der Waals surface area (Å²) in [5, 5.41) is 3.86. The van der Waals surface area contributed by atoms with E-state index >= 15 is 0 Å². The number of benzene rings is 2. The van der Waals surface area contributed by atoms with Crippen molar-refractivity contribution in [2.24, 2.45) is 0 Å². The monoisotopic (exact) mass is 503 g/mol. The number of hydrogen-bond acceptors (Lipinski definition) is 5. The van der Waals surface area contributed by atoms with E-state index in [-0.39, 0.29) is 13.1 Å². The lowest BCUT2D eigenvalue weighted by Gasteiger charge is -2.33. The Morgan fingerprint density at radius 1 is 1.00 bits per heavy atom. The van der Waals surface area contributed by atoms with Crippen LogP contribution in [-0.2, 0) is 16.4 Å². The van der Waals surface area contributed by atoms with Crippen molar-refractivity contribution in [3.63, 3.8) is 0 Å². The number of hydrogen-bond donors (Lipinski definition) is 0. The van der Waals surface area contributed by atoms with E-state index in [0.29, 0.717) is 35.6 Å². The van der Waals surface area contributed by atoms with Gasteiger partial charge >= 0.3 is 0 Å². The van der Waals surface area contributed by atoms with E-state index in [9.17, 15) is 17.2 Å². The molecule has 1 aliphatic heterocycles. The highest BCUT2D eigenvalue weighted by atomic mass is 35.5. The van der Waals surface area contributed by atoms with Gasteiger partial charge in [-0.3, -0.25) is 0 Å². The van der Waals surface area contributed by atoms with Crippen LogP contribution in [0.2, 0.25) is 10.0 Å². The predicted octanol–water partition coefficient (Wildman–Crippen LogP) is 4.83. The molecule has 5 nitrogen and oxygen atoms in total. The first-order chi connectivity index (χ1) is 14.7. The molecule has 1 aliphatic rings. The molecule has 4 rings (SSSR count). The van der Waals surface area contributed by atoms with Gasteiger partial charge in [-0.05, 0) is 35.9 Å². The summed E-state index contributed by atoms with van der Waals surface area (Å²) in [6, 6.07) is 7.82. The quantitative estimate of drug-likeness (QED) is 0.500. The highest BCUT2D eigenvalue weighted by Gasteiger charge is 2.31. The zero-order chi connectivity index (χ0) is 22.2. The van der Waals surface area contributed by atoms with E-state index < -0.39 is 26.6 Å². The lowest BCUT2D eigenvalue weighted by Crippen LogP contribution is -2.48. The summed E-state index contributed by atoms with van der Waals surface area (Å²) in [5.41, 5.74) is 1.81. The number of piperazine rings is 1. The van der Waals surface area contributed by atoms with Crippen molar-refractivity contribution in [3.05, 3.63) is 74.7 Å². The van der Waals surface area contributed by atoms with Gasteiger partial charge in [0, 0.05) is 54.1 Å². The van der Waals surface area contributed by atoms with Gasteiger partial charge in [-0.15, -0.1) is 11.3 Å². The molecule has 0 aliphatic carbocycles. The van der Waals surface area contributed by atoms with E-state index in [2.05, 4.69) is 4.98 Å². The third kappa shape index (κ3) is 5.01. The number of aromatic nitrogens is 1. The van der Waals surface area contributed by atoms with Crippen LogP contribution in [0, 0.1) is 11.6 Å². The number of anilines is 1. The fourth-order valence-corrected chi connectivity index (χ4v) is 6.31. The summed E-state index contributed by atoms with van der Waals surface area (Å²) >= 11 is 13.6. The Morgan fingerprint density at radius 2 is 1.68 bits per heavy atom. The van der Waals surface area contributed by atoms with E-state index in [0.717, 1.165) is 28.5 Å². The second-order valence-electron chi connectivity index (χ2n) is 7.04. The summed E-state index contributed by atoms with van der Waals surface area (Å²) in [6.07, 6.45) is 0.578. The van der Waals surface area contributed by atoms with Crippen LogP contribution in [0.1, 0.15) is 11.3 Å². The molecule has 3 aromatic rings. The molecule has 0 atom stereocenters. The minimum atomic E-state index is -4.04. The van der Waals surface area contributed by atoms with E-state index in [4.69, 9.17) is 23.2 Å². The normalized spacial score (nSPS) is 15.4. The zero-order valence-corrected chi connectivity index (χ0v) is 19.2. The molecule has 1 aromatic heterocycles. The fourth-order valence-electron chi connectivity index (χ4n) is 3.39. The molecule has 0 saturated carbocycles. The Bertz CT molecular complexity index is 1190. The first-order valence-electron chi connectivity index (χ1n) is 9.32. The maximum absolute atomic E-state index is 14.0. The Balaban J connectivity index is 1.42. The first kappa shape index (κ1) is 22.4. The van der Waals surface area contributed by atoms with Crippen molar-refractivity contribution in [1.82, 2.24) is 9.29 Å². The highest BCUT2D eigenvalue weighted by molar-refractivity contribution is 7.89. The smallest absolute Gasteiger partial charge is 0.246 e. The van der Waals surface area contributed by atoms with Crippen LogP contribution in [0.3, 0.4) is 0 Å². The van der Waals surface area contributed by atoms with Crippen molar-refractivity contribution in [3.8, 4) is 0 Å². The third-order valence-electron chi connectivity index (χ3n) is 4.87. The summed E-state index contributed by atoms with van der Waals surface area (Å²) in [4.78, 5) is 6.12. The van der Waals surface area contributed by atoms with Crippen molar-refractivity contribution < 1.29 is 17.2 Å².